The maximum absolute atomic E-state index is 7.43. The zero-order valence-corrected chi connectivity index (χ0v) is 6.59. The summed E-state index contributed by atoms with van der Waals surface area (Å²) < 4.78 is 0. The first kappa shape index (κ1) is 7.73. The molecule has 1 heteroatoms. The van der Waals surface area contributed by atoms with Gasteiger partial charge in [-0.2, -0.15) is 0 Å². The summed E-state index contributed by atoms with van der Waals surface area (Å²) in [5, 5.41) is 7.43. The van der Waals surface area contributed by atoms with E-state index in [-0.39, 0.29) is 0 Å². The van der Waals surface area contributed by atoms with E-state index in [1.807, 2.05) is 24.3 Å². The highest BCUT2D eigenvalue weighted by atomic mass is 14.4. The van der Waals surface area contributed by atoms with Crippen LogP contribution < -0.4 is 0 Å². The normalized spacial score (nSPS) is 9.18. The molecule has 0 radical (unpaired) electrons. The van der Waals surface area contributed by atoms with E-state index in [4.69, 9.17) is 5.41 Å². The summed E-state index contributed by atoms with van der Waals surface area (Å²) in [6.45, 7) is 5.46. The van der Waals surface area contributed by atoms with Gasteiger partial charge in [-0.3, -0.25) is 0 Å². The molecule has 0 spiro atoms. The smallest absolute Gasteiger partial charge is 0.0361 e. The third-order valence-corrected chi connectivity index (χ3v) is 1.58. The van der Waals surface area contributed by atoms with Crippen LogP contribution in [0.3, 0.4) is 0 Å². The molecule has 1 aromatic rings. The van der Waals surface area contributed by atoms with Gasteiger partial charge in [-0.25, -0.2) is 0 Å². The Kier molecular flexibility index (Phi) is 2.21. The van der Waals surface area contributed by atoms with Gasteiger partial charge in [0.2, 0.25) is 0 Å². The molecule has 0 amide bonds. The minimum Gasteiger partial charge on any atom is -0.305 e. The van der Waals surface area contributed by atoms with Gasteiger partial charge in [-0.05, 0) is 12.5 Å². The summed E-state index contributed by atoms with van der Waals surface area (Å²) in [6, 6.07) is 7.77. The van der Waals surface area contributed by atoms with Crippen LogP contribution >= 0.6 is 0 Å². The first-order chi connectivity index (χ1) is 5.25. The van der Waals surface area contributed by atoms with Crippen molar-refractivity contribution in [2.24, 2.45) is 0 Å². The Hall–Kier alpha value is -1.37. The van der Waals surface area contributed by atoms with Crippen LogP contribution in [0.2, 0.25) is 0 Å². The molecule has 0 aromatic heterocycles. The van der Waals surface area contributed by atoms with Crippen molar-refractivity contribution in [3.8, 4) is 0 Å². The van der Waals surface area contributed by atoms with E-state index >= 15 is 0 Å². The Bertz CT molecular complexity index is 287. The van der Waals surface area contributed by atoms with Gasteiger partial charge in [0, 0.05) is 11.3 Å². The van der Waals surface area contributed by atoms with Gasteiger partial charge >= 0.3 is 0 Å². The molecule has 1 nitrogen and oxygen atoms in total. The molecular weight excluding hydrogens is 134 g/mol. The van der Waals surface area contributed by atoms with Crippen LogP contribution in [-0.2, 0) is 0 Å². The van der Waals surface area contributed by atoms with Crippen molar-refractivity contribution in [3.05, 3.63) is 42.0 Å². The largest absolute Gasteiger partial charge is 0.305 e. The van der Waals surface area contributed by atoms with Crippen molar-refractivity contribution in [1.82, 2.24) is 0 Å². The maximum atomic E-state index is 7.43. The summed E-state index contributed by atoms with van der Waals surface area (Å²) in [4.78, 5) is 0. The van der Waals surface area contributed by atoms with E-state index in [0.29, 0.717) is 5.71 Å². The molecule has 0 fully saturated rings. The molecule has 0 aliphatic rings. The van der Waals surface area contributed by atoms with Crippen LogP contribution in [0.15, 0.2) is 30.8 Å². The van der Waals surface area contributed by atoms with Gasteiger partial charge in [0.1, 0.15) is 0 Å². The second-order valence-corrected chi connectivity index (χ2v) is 2.42. The topological polar surface area (TPSA) is 23.9 Å². The van der Waals surface area contributed by atoms with Crippen LogP contribution in [-0.4, -0.2) is 5.71 Å². The quantitative estimate of drug-likeness (QED) is 0.619. The fourth-order valence-corrected chi connectivity index (χ4v) is 1.02. The summed E-state index contributed by atoms with van der Waals surface area (Å²) in [7, 11) is 0. The molecule has 1 aromatic carbocycles. The number of benzene rings is 1. The molecule has 11 heavy (non-hydrogen) atoms. The van der Waals surface area contributed by atoms with Gasteiger partial charge < -0.3 is 5.41 Å². The molecule has 0 heterocycles. The van der Waals surface area contributed by atoms with E-state index in [1.54, 1.807) is 13.0 Å². The molecule has 1 N–H and O–H groups in total. The van der Waals surface area contributed by atoms with Gasteiger partial charge in [0.25, 0.3) is 0 Å². The fourth-order valence-electron chi connectivity index (χ4n) is 1.02. The highest BCUT2D eigenvalue weighted by molar-refractivity contribution is 5.99. The van der Waals surface area contributed by atoms with Crippen LogP contribution in [0, 0.1) is 5.41 Å². The Balaban J connectivity index is 3.22. The molecule has 0 bridgehead atoms. The molecular formula is C10H11N. The van der Waals surface area contributed by atoms with Crippen molar-refractivity contribution in [1.29, 1.82) is 5.41 Å². The average molecular weight is 145 g/mol. The predicted molar refractivity (Wildman–Crippen MR) is 49.0 cm³/mol. The van der Waals surface area contributed by atoms with Gasteiger partial charge in [0.15, 0.2) is 0 Å². The molecule has 0 saturated heterocycles. The summed E-state index contributed by atoms with van der Waals surface area (Å²) in [5.41, 5.74) is 2.57. The average Bonchev–Trinajstić information content (AvgIpc) is 2.04. The molecule has 0 unspecified atom stereocenters. The lowest BCUT2D eigenvalue weighted by Crippen LogP contribution is -1.94. The number of hydrogen-bond donors (Lipinski definition) is 1. The molecule has 0 atom stereocenters. The SMILES string of the molecule is C=Cc1ccccc1C(C)=N. The van der Waals surface area contributed by atoms with Gasteiger partial charge in [-0.1, -0.05) is 36.9 Å². The Morgan fingerprint density at radius 3 is 2.55 bits per heavy atom. The highest BCUT2D eigenvalue weighted by Crippen LogP contribution is 2.09. The van der Waals surface area contributed by atoms with Crippen molar-refractivity contribution in [2.45, 2.75) is 6.92 Å². The van der Waals surface area contributed by atoms with Crippen molar-refractivity contribution >= 4 is 11.8 Å². The van der Waals surface area contributed by atoms with E-state index in [0.717, 1.165) is 11.1 Å². The third-order valence-electron chi connectivity index (χ3n) is 1.58. The molecule has 0 saturated carbocycles. The van der Waals surface area contributed by atoms with Crippen molar-refractivity contribution < 1.29 is 0 Å². The van der Waals surface area contributed by atoms with Crippen molar-refractivity contribution in [2.75, 3.05) is 0 Å². The van der Waals surface area contributed by atoms with E-state index < -0.39 is 0 Å². The number of rotatable bonds is 2. The minimum atomic E-state index is 0.584. The Morgan fingerprint density at radius 1 is 1.45 bits per heavy atom. The third kappa shape index (κ3) is 1.55. The second kappa shape index (κ2) is 3.15. The first-order valence-electron chi connectivity index (χ1n) is 3.52. The number of hydrogen-bond acceptors (Lipinski definition) is 1. The lowest BCUT2D eigenvalue weighted by molar-refractivity contribution is 1.45. The standard InChI is InChI=1S/C10H11N/c1-3-9-6-4-5-7-10(9)8(2)11/h3-7,11H,1H2,2H3. The Morgan fingerprint density at radius 2 is 2.09 bits per heavy atom. The molecule has 0 aliphatic heterocycles. The maximum Gasteiger partial charge on any atom is 0.0361 e. The lowest BCUT2D eigenvalue weighted by atomic mass is 10.0. The molecule has 56 valence electrons. The summed E-state index contributed by atoms with van der Waals surface area (Å²) in [5.74, 6) is 0. The fraction of sp³-hybridized carbons (Fsp3) is 0.100. The van der Waals surface area contributed by atoms with Crippen LogP contribution in [0.4, 0.5) is 0 Å². The Labute approximate surface area is 66.9 Å². The van der Waals surface area contributed by atoms with E-state index in [1.165, 1.54) is 0 Å². The monoisotopic (exact) mass is 145 g/mol. The van der Waals surface area contributed by atoms with E-state index in [2.05, 4.69) is 6.58 Å². The van der Waals surface area contributed by atoms with Gasteiger partial charge in [0.05, 0.1) is 0 Å². The van der Waals surface area contributed by atoms with Crippen LogP contribution in [0.5, 0.6) is 0 Å². The van der Waals surface area contributed by atoms with E-state index in [9.17, 15) is 0 Å². The highest BCUT2D eigenvalue weighted by Gasteiger charge is 1.97. The lowest BCUT2D eigenvalue weighted by Gasteiger charge is -2.01. The minimum absolute atomic E-state index is 0.584. The number of nitrogens with one attached hydrogen (secondary N) is 1. The zero-order valence-electron chi connectivity index (χ0n) is 6.59. The van der Waals surface area contributed by atoms with Crippen molar-refractivity contribution in [3.63, 3.8) is 0 Å². The summed E-state index contributed by atoms with van der Waals surface area (Å²) in [6.07, 6.45) is 1.77. The predicted octanol–water partition coefficient (Wildman–Crippen LogP) is 2.72. The van der Waals surface area contributed by atoms with Gasteiger partial charge in [-0.15, -0.1) is 0 Å². The zero-order chi connectivity index (χ0) is 8.27. The summed E-state index contributed by atoms with van der Waals surface area (Å²) >= 11 is 0. The van der Waals surface area contributed by atoms with Crippen LogP contribution in [0.1, 0.15) is 18.1 Å². The molecule has 1 rings (SSSR count). The van der Waals surface area contributed by atoms with Crippen LogP contribution in [0.25, 0.3) is 6.08 Å². The first-order valence-corrected chi connectivity index (χ1v) is 3.52. The molecule has 0 aliphatic carbocycles. The second-order valence-electron chi connectivity index (χ2n) is 2.42.